The molecule has 1 aromatic heterocycles. The predicted octanol–water partition coefficient (Wildman–Crippen LogP) is 3.09. The van der Waals surface area contributed by atoms with Gasteiger partial charge in [0.2, 0.25) is 0 Å². The molecule has 1 heterocycles. The van der Waals surface area contributed by atoms with Crippen LogP contribution in [0.3, 0.4) is 0 Å². The fourth-order valence-corrected chi connectivity index (χ4v) is 1.05. The van der Waals surface area contributed by atoms with Crippen molar-refractivity contribution in [2.45, 2.75) is 12.6 Å². The number of pyridine rings is 1. The molecule has 1 aromatic rings. The largest absolute Gasteiger partial charge is 0.426 e. The lowest BCUT2D eigenvalue weighted by atomic mass is 10.1. The van der Waals surface area contributed by atoms with E-state index in [-0.39, 0.29) is 6.20 Å². The molecule has 0 unspecified atom stereocenters. The summed E-state index contributed by atoms with van der Waals surface area (Å²) in [7, 11) is 0. The number of nitro groups is 1. The van der Waals surface area contributed by atoms with Gasteiger partial charge in [-0.05, 0) is 0 Å². The third-order valence-corrected chi connectivity index (χ3v) is 1.71. The fourth-order valence-electron chi connectivity index (χ4n) is 1.05. The highest BCUT2D eigenvalue weighted by atomic mass is 19.4. The van der Waals surface area contributed by atoms with Gasteiger partial charge in [-0.25, -0.2) is 18.2 Å². The van der Waals surface area contributed by atoms with Gasteiger partial charge in [0.05, 0.1) is 4.92 Å². The highest BCUT2D eigenvalue weighted by molar-refractivity contribution is 5.42. The molecule has 0 saturated carbocycles. The minimum Gasteiger partial charge on any atom is -0.258 e. The fraction of sp³-hybridized carbons (Fsp3) is 0.286. The first-order valence-corrected chi connectivity index (χ1v) is 3.84. The number of hydrogen-bond donors (Lipinski definition) is 0. The van der Waals surface area contributed by atoms with Gasteiger partial charge in [-0.1, -0.05) is 0 Å². The van der Waals surface area contributed by atoms with Gasteiger partial charge in [-0.3, -0.25) is 10.1 Å². The summed E-state index contributed by atoms with van der Waals surface area (Å²) in [5.74, 6) is -2.43. The number of aromatic nitrogens is 1. The zero-order valence-electron chi connectivity index (χ0n) is 7.63. The second-order valence-electron chi connectivity index (χ2n) is 2.77. The van der Waals surface area contributed by atoms with Crippen molar-refractivity contribution in [3.63, 3.8) is 0 Å². The van der Waals surface area contributed by atoms with Crippen LogP contribution in [0.25, 0.3) is 0 Å². The molecule has 94 valence electrons. The number of hydrogen-bond acceptors (Lipinski definition) is 3. The van der Waals surface area contributed by atoms with Gasteiger partial charge in [0.15, 0.2) is 11.4 Å². The Hall–Kier alpha value is -1.87. The van der Waals surface area contributed by atoms with Crippen LogP contribution in [0.2, 0.25) is 0 Å². The second kappa shape index (κ2) is 4.18. The van der Waals surface area contributed by atoms with E-state index < -0.39 is 40.3 Å². The summed E-state index contributed by atoms with van der Waals surface area (Å²) in [6.07, 6.45) is -9.11. The van der Waals surface area contributed by atoms with Crippen molar-refractivity contribution in [3.05, 3.63) is 33.4 Å². The maximum Gasteiger partial charge on any atom is 0.426 e. The van der Waals surface area contributed by atoms with Crippen LogP contribution in [0, 0.1) is 15.9 Å². The van der Waals surface area contributed by atoms with E-state index in [0.29, 0.717) is 0 Å². The Morgan fingerprint density at radius 1 is 1.35 bits per heavy atom. The Labute approximate surface area is 89.0 Å². The van der Waals surface area contributed by atoms with Crippen LogP contribution in [0.5, 0.6) is 0 Å². The molecular weight excluding hydrogens is 258 g/mol. The van der Waals surface area contributed by atoms with Crippen LogP contribution in [0.15, 0.2) is 6.20 Å². The number of alkyl halides is 5. The maximum absolute atomic E-state index is 13.1. The molecule has 0 radical (unpaired) electrons. The topological polar surface area (TPSA) is 56.0 Å². The molecule has 0 atom stereocenters. The van der Waals surface area contributed by atoms with E-state index in [4.69, 9.17) is 0 Å². The van der Waals surface area contributed by atoms with Gasteiger partial charge in [-0.15, -0.1) is 0 Å². The van der Waals surface area contributed by atoms with Gasteiger partial charge < -0.3 is 0 Å². The van der Waals surface area contributed by atoms with Crippen LogP contribution in [-0.2, 0) is 6.18 Å². The van der Waals surface area contributed by atoms with E-state index in [1.807, 2.05) is 0 Å². The average Bonchev–Trinajstić information content (AvgIpc) is 2.14. The molecule has 10 heteroatoms. The van der Waals surface area contributed by atoms with E-state index in [9.17, 15) is 36.5 Å². The normalized spacial score (nSPS) is 11.9. The first-order valence-electron chi connectivity index (χ1n) is 3.84. The SMILES string of the molecule is O=[N+]([O-])c1cnc(C(F)F)c(F)c1C(F)(F)F. The highest BCUT2D eigenvalue weighted by Gasteiger charge is 2.44. The predicted molar refractivity (Wildman–Crippen MR) is 40.8 cm³/mol. The van der Waals surface area contributed by atoms with Gasteiger partial charge >= 0.3 is 11.9 Å². The first kappa shape index (κ1) is 13.2. The standard InChI is InChI=1S/C7H2F6N2O2/c8-4-3(7(11,12)13)2(15(16)17)1-14-5(4)6(9)10/h1,6H. The molecule has 0 amide bonds. The summed E-state index contributed by atoms with van der Waals surface area (Å²) in [6.45, 7) is 0. The lowest BCUT2D eigenvalue weighted by Crippen LogP contribution is -2.15. The van der Waals surface area contributed by atoms with Crippen molar-refractivity contribution in [2.75, 3.05) is 0 Å². The highest BCUT2D eigenvalue weighted by Crippen LogP contribution is 2.39. The van der Waals surface area contributed by atoms with Crippen molar-refractivity contribution < 1.29 is 31.3 Å². The molecule has 0 aliphatic heterocycles. The Bertz CT molecular complexity index is 458. The first-order chi connectivity index (χ1) is 7.66. The zero-order valence-corrected chi connectivity index (χ0v) is 7.63. The van der Waals surface area contributed by atoms with E-state index in [1.54, 1.807) is 0 Å². The molecule has 0 bridgehead atoms. The van der Waals surface area contributed by atoms with E-state index in [0.717, 1.165) is 0 Å². The average molecular weight is 260 g/mol. The number of nitrogens with zero attached hydrogens (tertiary/aromatic N) is 2. The Morgan fingerprint density at radius 3 is 2.24 bits per heavy atom. The minimum absolute atomic E-state index is 0.0482. The number of halogens is 6. The summed E-state index contributed by atoms with van der Waals surface area (Å²) in [4.78, 5) is 11.3. The molecule has 1 rings (SSSR count). The lowest BCUT2D eigenvalue weighted by molar-refractivity contribution is -0.388. The summed E-state index contributed by atoms with van der Waals surface area (Å²) in [5, 5.41) is 10.2. The molecule has 0 spiro atoms. The van der Waals surface area contributed by atoms with Crippen molar-refractivity contribution in [1.29, 1.82) is 0 Å². The Balaban J connectivity index is 3.60. The minimum atomic E-state index is -5.46. The quantitative estimate of drug-likeness (QED) is 0.466. The Kier molecular flexibility index (Phi) is 3.25. The number of rotatable bonds is 2. The summed E-state index contributed by atoms with van der Waals surface area (Å²) < 4.78 is 74.1. The maximum atomic E-state index is 13.1. The van der Waals surface area contributed by atoms with Crippen LogP contribution in [0.1, 0.15) is 17.7 Å². The third kappa shape index (κ3) is 2.45. The van der Waals surface area contributed by atoms with E-state index in [1.165, 1.54) is 0 Å². The van der Waals surface area contributed by atoms with Gasteiger partial charge in [0.1, 0.15) is 11.9 Å². The van der Waals surface area contributed by atoms with Crippen LogP contribution in [0.4, 0.5) is 32.0 Å². The van der Waals surface area contributed by atoms with Crippen LogP contribution >= 0.6 is 0 Å². The van der Waals surface area contributed by atoms with Crippen molar-refractivity contribution in [2.24, 2.45) is 0 Å². The molecule has 4 nitrogen and oxygen atoms in total. The van der Waals surface area contributed by atoms with E-state index >= 15 is 0 Å². The van der Waals surface area contributed by atoms with Crippen molar-refractivity contribution in [1.82, 2.24) is 4.98 Å². The van der Waals surface area contributed by atoms with Crippen LogP contribution < -0.4 is 0 Å². The molecule has 0 aromatic carbocycles. The summed E-state index contributed by atoms with van der Waals surface area (Å²) in [5.41, 5.74) is -5.84. The van der Waals surface area contributed by atoms with Gasteiger partial charge in [0.25, 0.3) is 6.43 Å². The summed E-state index contributed by atoms with van der Waals surface area (Å²) >= 11 is 0. The Morgan fingerprint density at radius 2 is 1.88 bits per heavy atom. The molecule has 0 aliphatic rings. The second-order valence-corrected chi connectivity index (χ2v) is 2.77. The zero-order chi connectivity index (χ0) is 13.4. The van der Waals surface area contributed by atoms with Gasteiger partial charge in [0, 0.05) is 0 Å². The molecule has 17 heavy (non-hydrogen) atoms. The third-order valence-electron chi connectivity index (χ3n) is 1.71. The molecular formula is C7H2F6N2O2. The molecule has 0 N–H and O–H groups in total. The molecule has 0 aliphatic carbocycles. The smallest absolute Gasteiger partial charge is 0.258 e. The monoisotopic (exact) mass is 260 g/mol. The lowest BCUT2D eigenvalue weighted by Gasteiger charge is -2.10. The van der Waals surface area contributed by atoms with E-state index in [2.05, 4.69) is 4.98 Å². The van der Waals surface area contributed by atoms with Crippen molar-refractivity contribution in [3.8, 4) is 0 Å². The summed E-state index contributed by atoms with van der Waals surface area (Å²) in [6, 6.07) is 0. The molecule has 0 fully saturated rings. The molecule has 0 saturated heterocycles. The van der Waals surface area contributed by atoms with Crippen LogP contribution in [-0.4, -0.2) is 9.91 Å². The van der Waals surface area contributed by atoms with Crippen molar-refractivity contribution >= 4 is 5.69 Å². The van der Waals surface area contributed by atoms with Gasteiger partial charge in [-0.2, -0.15) is 13.2 Å².